The van der Waals surface area contributed by atoms with Crippen molar-refractivity contribution in [2.75, 3.05) is 11.2 Å². The van der Waals surface area contributed by atoms with E-state index in [2.05, 4.69) is 36.2 Å². The Morgan fingerprint density at radius 2 is 2.18 bits per heavy atom. The van der Waals surface area contributed by atoms with Gasteiger partial charge in [-0.15, -0.1) is 0 Å². The van der Waals surface area contributed by atoms with E-state index in [1.807, 2.05) is 17.8 Å². The zero-order valence-electron chi connectivity index (χ0n) is 10.9. The molecule has 0 aliphatic rings. The monoisotopic (exact) mass is 254 g/mol. The van der Waals surface area contributed by atoms with Gasteiger partial charge in [-0.1, -0.05) is 20.8 Å². The van der Waals surface area contributed by atoms with Crippen LogP contribution in [-0.2, 0) is 12.2 Å². The average Bonchev–Trinajstić information content (AvgIpc) is 2.28. The number of aromatic nitrogens is 2. The first-order chi connectivity index (χ1) is 8.15. The predicted molar refractivity (Wildman–Crippen MR) is 74.8 cm³/mol. The van der Waals surface area contributed by atoms with Crippen LogP contribution >= 0.6 is 11.8 Å². The minimum Gasteiger partial charge on any atom is -0.308 e. The van der Waals surface area contributed by atoms with Crippen molar-refractivity contribution in [3.63, 3.8) is 0 Å². The molecule has 1 heterocycles. The molecule has 0 bridgehead atoms. The van der Waals surface area contributed by atoms with Crippen LogP contribution in [0.1, 0.15) is 38.7 Å². The van der Waals surface area contributed by atoms with E-state index in [9.17, 15) is 0 Å². The second kappa shape index (κ2) is 7.50. The van der Waals surface area contributed by atoms with Gasteiger partial charge in [-0.3, -0.25) is 0 Å². The first-order valence-electron chi connectivity index (χ1n) is 6.06. The van der Waals surface area contributed by atoms with Crippen LogP contribution in [0.15, 0.2) is 6.07 Å². The zero-order chi connectivity index (χ0) is 12.7. The Balaban J connectivity index is 2.74. The lowest BCUT2D eigenvalue weighted by atomic mass is 10.1. The Labute approximate surface area is 108 Å². The van der Waals surface area contributed by atoms with Crippen LogP contribution in [0.3, 0.4) is 0 Å². The summed E-state index contributed by atoms with van der Waals surface area (Å²) in [6.45, 7) is 6.54. The van der Waals surface area contributed by atoms with Crippen LogP contribution in [0.4, 0.5) is 5.82 Å². The van der Waals surface area contributed by atoms with E-state index in [4.69, 9.17) is 5.84 Å². The maximum atomic E-state index is 5.43. The number of hydrogen-bond acceptors (Lipinski definition) is 5. The normalized spacial score (nSPS) is 10.9. The predicted octanol–water partition coefficient (Wildman–Crippen LogP) is 2.60. The van der Waals surface area contributed by atoms with Gasteiger partial charge in [-0.25, -0.2) is 15.8 Å². The first kappa shape index (κ1) is 14.3. The molecular weight excluding hydrogens is 232 g/mol. The Morgan fingerprint density at radius 1 is 1.41 bits per heavy atom. The second-order valence-electron chi connectivity index (χ2n) is 4.46. The van der Waals surface area contributed by atoms with E-state index < -0.39 is 0 Å². The largest absolute Gasteiger partial charge is 0.308 e. The number of nitrogen functional groups attached to an aromatic ring is 1. The highest BCUT2D eigenvalue weighted by Gasteiger charge is 2.06. The van der Waals surface area contributed by atoms with Gasteiger partial charge < -0.3 is 5.43 Å². The lowest BCUT2D eigenvalue weighted by Gasteiger charge is -2.09. The molecule has 0 amide bonds. The van der Waals surface area contributed by atoms with Crippen LogP contribution in [0.25, 0.3) is 0 Å². The van der Waals surface area contributed by atoms with E-state index in [0.29, 0.717) is 11.7 Å². The SMILES string of the molecule is CCCSCc1nc(CC(C)C)cc(NN)n1. The van der Waals surface area contributed by atoms with E-state index >= 15 is 0 Å². The molecule has 3 N–H and O–H groups in total. The fourth-order valence-corrected chi connectivity index (χ4v) is 2.27. The van der Waals surface area contributed by atoms with Crippen molar-refractivity contribution in [3.05, 3.63) is 17.6 Å². The van der Waals surface area contributed by atoms with Crippen molar-refractivity contribution in [2.45, 2.75) is 39.4 Å². The van der Waals surface area contributed by atoms with Gasteiger partial charge in [-0.05, 0) is 24.5 Å². The van der Waals surface area contributed by atoms with Gasteiger partial charge in [0.25, 0.3) is 0 Å². The van der Waals surface area contributed by atoms with E-state index in [-0.39, 0.29) is 0 Å². The average molecular weight is 254 g/mol. The number of nitrogens with one attached hydrogen (secondary N) is 1. The summed E-state index contributed by atoms with van der Waals surface area (Å²) in [6.07, 6.45) is 2.14. The molecular formula is C12H22N4S. The third kappa shape index (κ3) is 5.37. The molecule has 0 aliphatic carbocycles. The molecule has 0 saturated heterocycles. The Morgan fingerprint density at radius 3 is 2.76 bits per heavy atom. The molecule has 0 aliphatic heterocycles. The fraction of sp³-hybridized carbons (Fsp3) is 0.667. The van der Waals surface area contributed by atoms with Crippen molar-refractivity contribution in [2.24, 2.45) is 11.8 Å². The van der Waals surface area contributed by atoms with Crippen molar-refractivity contribution in [1.82, 2.24) is 9.97 Å². The fourth-order valence-electron chi connectivity index (χ4n) is 1.52. The molecule has 96 valence electrons. The number of hydrogen-bond donors (Lipinski definition) is 2. The number of thioether (sulfide) groups is 1. The summed E-state index contributed by atoms with van der Waals surface area (Å²) >= 11 is 1.86. The number of nitrogens with zero attached hydrogens (tertiary/aromatic N) is 2. The lowest BCUT2D eigenvalue weighted by Crippen LogP contribution is -2.12. The van der Waals surface area contributed by atoms with Crippen molar-refractivity contribution >= 4 is 17.6 Å². The number of nitrogens with two attached hydrogens (primary N) is 1. The Hall–Kier alpha value is -0.810. The Kier molecular flexibility index (Phi) is 6.29. The van der Waals surface area contributed by atoms with Gasteiger partial charge in [0.2, 0.25) is 0 Å². The number of rotatable bonds is 7. The van der Waals surface area contributed by atoms with E-state index in [1.54, 1.807) is 0 Å². The third-order valence-electron chi connectivity index (χ3n) is 2.17. The minimum atomic E-state index is 0.590. The highest BCUT2D eigenvalue weighted by molar-refractivity contribution is 7.98. The molecule has 1 aromatic heterocycles. The van der Waals surface area contributed by atoms with E-state index in [1.165, 1.54) is 6.42 Å². The summed E-state index contributed by atoms with van der Waals surface area (Å²) < 4.78 is 0. The van der Waals surface area contributed by atoms with Gasteiger partial charge in [0, 0.05) is 11.8 Å². The van der Waals surface area contributed by atoms with Gasteiger partial charge in [-0.2, -0.15) is 11.8 Å². The minimum absolute atomic E-state index is 0.590. The third-order valence-corrected chi connectivity index (χ3v) is 3.33. The molecule has 0 aromatic carbocycles. The highest BCUT2D eigenvalue weighted by Crippen LogP contribution is 2.14. The summed E-state index contributed by atoms with van der Waals surface area (Å²) in [4.78, 5) is 8.93. The molecule has 0 spiro atoms. The molecule has 0 radical (unpaired) electrons. The van der Waals surface area contributed by atoms with Crippen LogP contribution in [0.2, 0.25) is 0 Å². The summed E-state index contributed by atoms with van der Waals surface area (Å²) in [5.41, 5.74) is 3.68. The molecule has 17 heavy (non-hydrogen) atoms. The summed E-state index contributed by atoms with van der Waals surface area (Å²) in [5, 5.41) is 0. The van der Waals surface area contributed by atoms with Gasteiger partial charge in [0.1, 0.15) is 11.6 Å². The van der Waals surface area contributed by atoms with Crippen LogP contribution in [0, 0.1) is 5.92 Å². The molecule has 0 saturated carbocycles. The quantitative estimate of drug-likeness (QED) is 0.445. The topological polar surface area (TPSA) is 63.8 Å². The smallest absolute Gasteiger partial charge is 0.143 e. The maximum Gasteiger partial charge on any atom is 0.143 e. The Bertz CT molecular complexity index is 341. The molecule has 0 unspecified atom stereocenters. The standard InChI is InChI=1S/C12H22N4S/c1-4-5-17-8-12-14-10(6-9(2)3)7-11(15-12)16-13/h7,9H,4-6,8,13H2,1-3H3,(H,14,15,16). The molecule has 5 heteroatoms. The number of anilines is 1. The molecule has 1 aromatic rings. The van der Waals surface area contributed by atoms with Crippen molar-refractivity contribution in [1.29, 1.82) is 0 Å². The lowest BCUT2D eigenvalue weighted by molar-refractivity contribution is 0.632. The number of hydrazine groups is 1. The highest BCUT2D eigenvalue weighted by atomic mass is 32.2. The van der Waals surface area contributed by atoms with Crippen LogP contribution in [-0.4, -0.2) is 15.7 Å². The van der Waals surface area contributed by atoms with Crippen LogP contribution in [0.5, 0.6) is 0 Å². The van der Waals surface area contributed by atoms with Gasteiger partial charge >= 0.3 is 0 Å². The van der Waals surface area contributed by atoms with Crippen molar-refractivity contribution in [3.8, 4) is 0 Å². The molecule has 4 nitrogen and oxygen atoms in total. The zero-order valence-corrected chi connectivity index (χ0v) is 11.7. The van der Waals surface area contributed by atoms with Gasteiger partial charge in [0.05, 0.1) is 5.75 Å². The maximum absolute atomic E-state index is 5.43. The summed E-state index contributed by atoms with van der Waals surface area (Å²) in [5.74, 6) is 9.59. The van der Waals surface area contributed by atoms with E-state index in [0.717, 1.165) is 29.4 Å². The first-order valence-corrected chi connectivity index (χ1v) is 7.22. The second-order valence-corrected chi connectivity index (χ2v) is 5.56. The van der Waals surface area contributed by atoms with Crippen molar-refractivity contribution < 1.29 is 0 Å². The van der Waals surface area contributed by atoms with Crippen LogP contribution < -0.4 is 11.3 Å². The molecule has 0 atom stereocenters. The molecule has 0 fully saturated rings. The summed E-state index contributed by atoms with van der Waals surface area (Å²) in [6, 6.07) is 1.92. The van der Waals surface area contributed by atoms with Gasteiger partial charge in [0.15, 0.2) is 0 Å². The molecule has 1 rings (SSSR count). The summed E-state index contributed by atoms with van der Waals surface area (Å²) in [7, 11) is 0.